The highest BCUT2D eigenvalue weighted by molar-refractivity contribution is 7.22. The summed E-state index contributed by atoms with van der Waals surface area (Å²) in [6.45, 7) is 3.52. The minimum atomic E-state index is -0.557. The van der Waals surface area contributed by atoms with E-state index in [-0.39, 0.29) is 35.6 Å². The molecule has 0 saturated heterocycles. The van der Waals surface area contributed by atoms with E-state index in [0.29, 0.717) is 10.7 Å². The predicted molar refractivity (Wildman–Crippen MR) is 119 cm³/mol. The number of anilines is 1. The van der Waals surface area contributed by atoms with Gasteiger partial charge in [0.15, 0.2) is 10.9 Å². The van der Waals surface area contributed by atoms with Crippen LogP contribution in [0.25, 0.3) is 10.2 Å². The predicted octanol–water partition coefficient (Wildman–Crippen LogP) is 3.28. The van der Waals surface area contributed by atoms with Crippen molar-refractivity contribution in [3.8, 4) is 11.5 Å². The van der Waals surface area contributed by atoms with Crippen LogP contribution in [-0.2, 0) is 11.2 Å². The molecule has 0 saturated carbocycles. The molecule has 31 heavy (non-hydrogen) atoms. The summed E-state index contributed by atoms with van der Waals surface area (Å²) in [7, 11) is 1.39. The number of nitrogens with two attached hydrogens (primary N) is 1. The van der Waals surface area contributed by atoms with Crippen LogP contribution in [0.2, 0.25) is 0 Å². The van der Waals surface area contributed by atoms with Crippen LogP contribution < -0.4 is 20.6 Å². The minimum absolute atomic E-state index is 0.0442. The zero-order valence-corrected chi connectivity index (χ0v) is 17.9. The standard InChI is InChI=1S/C20H21N5O5S/c1-11(2)30-19-15(25(27)28)6-13(7-16(19)29-3)10-22-24-18(26)9-12-4-5-14-17(8-12)31-20(21)23-14/h4-8,10-11H,9H2,1-3H3,(H2,21,23)(H,24,26)/b22-10-. The van der Waals surface area contributed by atoms with Crippen molar-refractivity contribution in [2.24, 2.45) is 5.10 Å². The van der Waals surface area contributed by atoms with E-state index in [1.165, 1.54) is 30.7 Å². The summed E-state index contributed by atoms with van der Waals surface area (Å²) in [6, 6.07) is 8.31. The number of nitrogens with zero attached hydrogens (tertiary/aromatic N) is 3. The Morgan fingerprint density at radius 3 is 2.84 bits per heavy atom. The quantitative estimate of drug-likeness (QED) is 0.309. The van der Waals surface area contributed by atoms with E-state index in [0.717, 1.165) is 15.8 Å². The molecule has 162 valence electrons. The topological polar surface area (TPSA) is 142 Å². The summed E-state index contributed by atoms with van der Waals surface area (Å²) in [4.78, 5) is 27.3. The third-order valence-corrected chi connectivity index (χ3v) is 4.91. The van der Waals surface area contributed by atoms with Gasteiger partial charge in [-0.05, 0) is 37.6 Å². The second kappa shape index (κ2) is 9.39. The molecule has 2 aromatic carbocycles. The van der Waals surface area contributed by atoms with E-state index in [9.17, 15) is 14.9 Å². The number of rotatable bonds is 8. The summed E-state index contributed by atoms with van der Waals surface area (Å²) in [5.74, 6) is -0.0927. The van der Waals surface area contributed by atoms with Crippen molar-refractivity contribution in [2.45, 2.75) is 26.4 Å². The molecule has 3 rings (SSSR count). The van der Waals surface area contributed by atoms with Gasteiger partial charge in [0.1, 0.15) is 0 Å². The molecule has 0 spiro atoms. The van der Waals surface area contributed by atoms with Gasteiger partial charge in [0.25, 0.3) is 0 Å². The largest absolute Gasteiger partial charge is 0.493 e. The molecule has 0 bridgehead atoms. The lowest BCUT2D eigenvalue weighted by atomic mass is 10.1. The number of fused-ring (bicyclic) bond motifs is 1. The lowest BCUT2D eigenvalue weighted by Crippen LogP contribution is -2.19. The van der Waals surface area contributed by atoms with Crippen LogP contribution in [-0.4, -0.2) is 35.2 Å². The third kappa shape index (κ3) is 5.45. The van der Waals surface area contributed by atoms with Gasteiger partial charge in [-0.3, -0.25) is 14.9 Å². The molecule has 0 unspecified atom stereocenters. The van der Waals surface area contributed by atoms with Crippen LogP contribution in [0.1, 0.15) is 25.0 Å². The van der Waals surface area contributed by atoms with Crippen LogP contribution in [0.15, 0.2) is 35.4 Å². The first-order chi connectivity index (χ1) is 14.8. The zero-order chi connectivity index (χ0) is 22.5. The van der Waals surface area contributed by atoms with Gasteiger partial charge in [0.05, 0.1) is 41.0 Å². The van der Waals surface area contributed by atoms with Crippen molar-refractivity contribution in [3.63, 3.8) is 0 Å². The second-order valence-corrected chi connectivity index (χ2v) is 7.88. The van der Waals surface area contributed by atoms with Crippen molar-refractivity contribution in [1.82, 2.24) is 10.4 Å². The summed E-state index contributed by atoms with van der Waals surface area (Å²) < 4.78 is 11.7. The highest BCUT2D eigenvalue weighted by atomic mass is 32.1. The van der Waals surface area contributed by atoms with Gasteiger partial charge < -0.3 is 15.2 Å². The Kier molecular flexibility index (Phi) is 6.65. The van der Waals surface area contributed by atoms with Gasteiger partial charge in [-0.15, -0.1) is 0 Å². The molecule has 10 nitrogen and oxygen atoms in total. The number of thiazole rings is 1. The number of nitrogen functional groups attached to an aromatic ring is 1. The Balaban J connectivity index is 1.72. The number of nitro groups is 1. The number of aromatic nitrogens is 1. The van der Waals surface area contributed by atoms with Gasteiger partial charge in [0, 0.05) is 11.6 Å². The number of hydrazone groups is 1. The van der Waals surface area contributed by atoms with Crippen LogP contribution in [0.3, 0.4) is 0 Å². The van der Waals surface area contributed by atoms with Crippen LogP contribution >= 0.6 is 11.3 Å². The van der Waals surface area contributed by atoms with E-state index < -0.39 is 4.92 Å². The molecule has 1 aromatic heterocycles. The molecule has 0 aliphatic rings. The molecule has 3 N–H and O–H groups in total. The SMILES string of the molecule is COc1cc(/C=N\NC(=O)Cc2ccc3nc(N)sc3c2)cc([N+](=O)[O-])c1OC(C)C. The number of nitro benzene ring substituents is 1. The molecular weight excluding hydrogens is 422 g/mol. The number of methoxy groups -OCH3 is 1. The Morgan fingerprint density at radius 2 is 2.16 bits per heavy atom. The molecular formula is C20H21N5O5S. The van der Waals surface area contributed by atoms with Gasteiger partial charge >= 0.3 is 5.69 Å². The Bertz CT molecular complexity index is 1160. The maximum atomic E-state index is 12.2. The Hall–Kier alpha value is -3.73. The Labute approximate surface area is 181 Å². The number of carbonyl (C=O) groups excluding carboxylic acids is 1. The fourth-order valence-electron chi connectivity index (χ4n) is 2.82. The highest BCUT2D eigenvalue weighted by Crippen LogP contribution is 2.38. The molecule has 1 heterocycles. The average Bonchev–Trinajstić information content (AvgIpc) is 3.07. The van der Waals surface area contributed by atoms with Crippen molar-refractivity contribution in [2.75, 3.05) is 12.8 Å². The lowest BCUT2D eigenvalue weighted by Gasteiger charge is -2.14. The van der Waals surface area contributed by atoms with Crippen molar-refractivity contribution in [1.29, 1.82) is 0 Å². The molecule has 3 aromatic rings. The highest BCUT2D eigenvalue weighted by Gasteiger charge is 2.23. The number of benzene rings is 2. The molecule has 0 radical (unpaired) electrons. The normalized spacial score (nSPS) is 11.2. The van der Waals surface area contributed by atoms with E-state index >= 15 is 0 Å². The van der Waals surface area contributed by atoms with Gasteiger partial charge in [-0.2, -0.15) is 5.10 Å². The molecule has 0 atom stereocenters. The third-order valence-electron chi connectivity index (χ3n) is 4.06. The summed E-state index contributed by atoms with van der Waals surface area (Å²) >= 11 is 1.35. The van der Waals surface area contributed by atoms with E-state index in [1.54, 1.807) is 32.0 Å². The van der Waals surface area contributed by atoms with E-state index in [2.05, 4.69) is 15.5 Å². The second-order valence-electron chi connectivity index (χ2n) is 6.82. The number of nitrogens with one attached hydrogen (secondary N) is 1. The maximum absolute atomic E-state index is 12.2. The fraction of sp³-hybridized carbons (Fsp3) is 0.250. The molecule has 11 heteroatoms. The Morgan fingerprint density at radius 1 is 1.39 bits per heavy atom. The number of hydrogen-bond acceptors (Lipinski definition) is 9. The van der Waals surface area contributed by atoms with Crippen molar-refractivity contribution in [3.05, 3.63) is 51.6 Å². The zero-order valence-electron chi connectivity index (χ0n) is 17.1. The monoisotopic (exact) mass is 443 g/mol. The fourth-order valence-corrected chi connectivity index (χ4v) is 3.62. The van der Waals surface area contributed by atoms with E-state index in [4.69, 9.17) is 15.2 Å². The summed E-state index contributed by atoms with van der Waals surface area (Å²) in [6.07, 6.45) is 1.14. The summed E-state index contributed by atoms with van der Waals surface area (Å²) in [5.41, 5.74) is 9.81. The minimum Gasteiger partial charge on any atom is -0.493 e. The number of amides is 1. The number of carbonyl (C=O) groups is 1. The lowest BCUT2D eigenvalue weighted by molar-refractivity contribution is -0.386. The summed E-state index contributed by atoms with van der Waals surface area (Å²) in [5, 5.41) is 15.8. The van der Waals surface area contributed by atoms with Crippen LogP contribution in [0, 0.1) is 10.1 Å². The molecule has 0 aliphatic heterocycles. The molecule has 1 amide bonds. The maximum Gasteiger partial charge on any atom is 0.315 e. The van der Waals surface area contributed by atoms with Gasteiger partial charge in [-0.1, -0.05) is 17.4 Å². The molecule has 0 aliphatic carbocycles. The van der Waals surface area contributed by atoms with Crippen molar-refractivity contribution >= 4 is 44.5 Å². The van der Waals surface area contributed by atoms with Gasteiger partial charge in [0.2, 0.25) is 11.7 Å². The average molecular weight is 443 g/mol. The first-order valence-electron chi connectivity index (χ1n) is 9.26. The number of ether oxygens (including phenoxy) is 2. The number of hydrogen-bond donors (Lipinski definition) is 2. The van der Waals surface area contributed by atoms with Crippen LogP contribution in [0.5, 0.6) is 11.5 Å². The first kappa shape index (κ1) is 22.0. The van der Waals surface area contributed by atoms with Crippen molar-refractivity contribution < 1.29 is 19.2 Å². The smallest absolute Gasteiger partial charge is 0.315 e. The first-order valence-corrected chi connectivity index (χ1v) is 10.1. The van der Waals surface area contributed by atoms with E-state index in [1.807, 2.05) is 6.07 Å². The van der Waals surface area contributed by atoms with Gasteiger partial charge in [-0.25, -0.2) is 10.4 Å². The molecule has 0 fully saturated rings. The van der Waals surface area contributed by atoms with Crippen LogP contribution in [0.4, 0.5) is 10.8 Å².